The van der Waals surface area contributed by atoms with Crippen LogP contribution in [0.5, 0.6) is 5.75 Å². The van der Waals surface area contributed by atoms with Crippen LogP contribution >= 0.6 is 11.3 Å². The summed E-state index contributed by atoms with van der Waals surface area (Å²) in [6.07, 6.45) is 0.369. The summed E-state index contributed by atoms with van der Waals surface area (Å²) in [5.41, 5.74) is 2.49. The Morgan fingerprint density at radius 1 is 0.971 bits per heavy atom. The average molecular weight is 493 g/mol. The molecule has 0 bridgehead atoms. The zero-order valence-corrected chi connectivity index (χ0v) is 20.1. The number of rotatable bonds is 9. The second-order valence-electron chi connectivity index (χ2n) is 7.76. The lowest BCUT2D eigenvalue weighted by Crippen LogP contribution is -2.31. The molecule has 0 saturated heterocycles. The molecule has 1 aliphatic heterocycles. The molecule has 0 radical (unpaired) electrons. The van der Waals surface area contributed by atoms with Crippen LogP contribution in [0.1, 0.15) is 50.8 Å². The van der Waals surface area contributed by atoms with E-state index in [0.29, 0.717) is 33.9 Å². The third-order valence-electron chi connectivity index (χ3n) is 5.59. The van der Waals surface area contributed by atoms with Crippen molar-refractivity contribution in [2.45, 2.75) is 19.8 Å². The molecule has 2 heterocycles. The lowest BCUT2D eigenvalue weighted by molar-refractivity contribution is -0.116. The number of carbonyl (C=O) groups excluding carboxylic acids is 4. The predicted octanol–water partition coefficient (Wildman–Crippen LogP) is 4.62. The summed E-state index contributed by atoms with van der Waals surface area (Å²) >= 11 is 1.23. The Hall–Kier alpha value is -3.98. The van der Waals surface area contributed by atoms with E-state index in [1.165, 1.54) is 11.3 Å². The van der Waals surface area contributed by atoms with E-state index < -0.39 is 5.97 Å². The predicted molar refractivity (Wildman–Crippen MR) is 132 cm³/mol. The van der Waals surface area contributed by atoms with Crippen LogP contribution in [0.4, 0.5) is 5.00 Å². The summed E-state index contributed by atoms with van der Waals surface area (Å²) < 4.78 is 10.4. The van der Waals surface area contributed by atoms with Crippen molar-refractivity contribution in [1.82, 2.24) is 4.90 Å². The van der Waals surface area contributed by atoms with Crippen molar-refractivity contribution in [1.29, 1.82) is 0 Å². The lowest BCUT2D eigenvalue weighted by atomic mass is 10.0. The van der Waals surface area contributed by atoms with Crippen LogP contribution in [0.2, 0.25) is 0 Å². The topological polar surface area (TPSA) is 102 Å². The average Bonchev–Trinajstić information content (AvgIpc) is 3.39. The summed E-state index contributed by atoms with van der Waals surface area (Å²) in [5.74, 6) is -0.861. The van der Waals surface area contributed by atoms with Crippen molar-refractivity contribution >= 4 is 40.0 Å². The molecule has 4 rings (SSSR count). The number of fused-ring (bicyclic) bond motifs is 1. The molecule has 35 heavy (non-hydrogen) atoms. The number of imide groups is 1. The first-order valence-corrected chi connectivity index (χ1v) is 12.0. The van der Waals surface area contributed by atoms with E-state index in [9.17, 15) is 19.2 Å². The fourth-order valence-electron chi connectivity index (χ4n) is 3.87. The van der Waals surface area contributed by atoms with E-state index in [4.69, 9.17) is 9.47 Å². The van der Waals surface area contributed by atoms with Crippen LogP contribution in [0, 0.1) is 0 Å². The number of ether oxygens (including phenoxy) is 2. The Balaban J connectivity index is 1.43. The standard InChI is InChI=1S/C26H24N2O6S/c1-3-34-26(32)22-20(16-10-12-17(33-2)13-11-16)15-35-23(22)27-21(29)9-6-14-28-24(30)18-7-4-5-8-19(18)25(28)31/h4-5,7-8,10-13,15H,3,6,9,14H2,1-2H3,(H,27,29). The third-order valence-corrected chi connectivity index (χ3v) is 6.48. The maximum atomic E-state index is 12.7. The summed E-state index contributed by atoms with van der Waals surface area (Å²) in [7, 11) is 1.58. The minimum absolute atomic E-state index is 0.0748. The molecule has 3 aromatic rings. The van der Waals surface area contributed by atoms with Crippen LogP contribution in [0.3, 0.4) is 0 Å². The Bertz CT molecular complexity index is 1250. The Morgan fingerprint density at radius 2 is 1.63 bits per heavy atom. The number of carbonyl (C=O) groups is 4. The largest absolute Gasteiger partial charge is 0.497 e. The molecule has 0 spiro atoms. The summed E-state index contributed by atoms with van der Waals surface area (Å²) in [4.78, 5) is 51.5. The van der Waals surface area contributed by atoms with Gasteiger partial charge in [-0.15, -0.1) is 11.3 Å². The maximum absolute atomic E-state index is 12.7. The van der Waals surface area contributed by atoms with Gasteiger partial charge in [0.15, 0.2) is 0 Å². The molecule has 1 aromatic heterocycles. The van der Waals surface area contributed by atoms with E-state index >= 15 is 0 Å². The number of hydrogen-bond donors (Lipinski definition) is 1. The van der Waals surface area contributed by atoms with Gasteiger partial charge in [0.05, 0.1) is 24.8 Å². The highest BCUT2D eigenvalue weighted by molar-refractivity contribution is 7.15. The van der Waals surface area contributed by atoms with Crippen LogP contribution in [0.15, 0.2) is 53.9 Å². The van der Waals surface area contributed by atoms with Crippen LogP contribution in [-0.2, 0) is 9.53 Å². The molecule has 0 aliphatic carbocycles. The van der Waals surface area contributed by atoms with Crippen LogP contribution in [0.25, 0.3) is 11.1 Å². The Labute approximate surface area is 206 Å². The summed E-state index contributed by atoms with van der Waals surface area (Å²) in [6.45, 7) is 2.05. The lowest BCUT2D eigenvalue weighted by Gasteiger charge is -2.13. The molecule has 1 aliphatic rings. The van der Waals surface area contributed by atoms with Gasteiger partial charge in [0.2, 0.25) is 5.91 Å². The second-order valence-corrected chi connectivity index (χ2v) is 8.64. The quantitative estimate of drug-likeness (QED) is 0.346. The number of anilines is 1. The molecule has 9 heteroatoms. The number of hydrogen-bond acceptors (Lipinski definition) is 7. The zero-order valence-electron chi connectivity index (χ0n) is 19.3. The smallest absolute Gasteiger partial charge is 0.341 e. The normalized spacial score (nSPS) is 12.5. The van der Waals surface area contributed by atoms with Gasteiger partial charge >= 0.3 is 5.97 Å². The zero-order chi connectivity index (χ0) is 24.9. The highest BCUT2D eigenvalue weighted by atomic mass is 32.1. The molecule has 0 fully saturated rings. The minimum Gasteiger partial charge on any atom is -0.497 e. The molecule has 2 aromatic carbocycles. The van der Waals surface area contributed by atoms with E-state index in [0.717, 1.165) is 10.5 Å². The van der Waals surface area contributed by atoms with Crippen LogP contribution < -0.4 is 10.1 Å². The van der Waals surface area contributed by atoms with Gasteiger partial charge in [0.25, 0.3) is 11.8 Å². The second kappa shape index (κ2) is 10.5. The first-order valence-electron chi connectivity index (χ1n) is 11.1. The van der Waals surface area contributed by atoms with Crippen molar-refractivity contribution < 1.29 is 28.7 Å². The van der Waals surface area contributed by atoms with Gasteiger partial charge in [-0.3, -0.25) is 19.3 Å². The molecular weight excluding hydrogens is 468 g/mol. The number of thiophene rings is 1. The van der Waals surface area contributed by atoms with Gasteiger partial charge in [0.1, 0.15) is 16.3 Å². The van der Waals surface area contributed by atoms with Gasteiger partial charge in [-0.2, -0.15) is 0 Å². The van der Waals surface area contributed by atoms with Gasteiger partial charge < -0.3 is 14.8 Å². The first-order chi connectivity index (χ1) is 16.9. The SMILES string of the molecule is CCOC(=O)c1c(-c2ccc(OC)cc2)csc1NC(=O)CCCN1C(=O)c2ccccc2C1=O. The number of benzene rings is 2. The van der Waals surface area contributed by atoms with E-state index in [1.54, 1.807) is 55.8 Å². The summed E-state index contributed by atoms with van der Waals surface area (Å²) in [6, 6.07) is 13.9. The Kier molecular flexibility index (Phi) is 7.26. The number of methoxy groups -OCH3 is 1. The molecule has 8 nitrogen and oxygen atoms in total. The van der Waals surface area contributed by atoms with Gasteiger partial charge in [0, 0.05) is 23.9 Å². The van der Waals surface area contributed by atoms with E-state index in [1.807, 2.05) is 12.1 Å². The molecule has 1 N–H and O–H groups in total. The van der Waals surface area contributed by atoms with E-state index in [2.05, 4.69) is 5.32 Å². The maximum Gasteiger partial charge on any atom is 0.341 e. The number of amides is 3. The number of nitrogens with zero attached hydrogens (tertiary/aromatic N) is 1. The first kappa shape index (κ1) is 24.2. The molecule has 3 amide bonds. The third kappa shape index (κ3) is 4.95. The summed E-state index contributed by atoms with van der Waals surface area (Å²) in [5, 5.41) is 4.98. The molecule has 180 valence electrons. The van der Waals surface area contributed by atoms with Gasteiger partial charge in [-0.05, 0) is 43.2 Å². The van der Waals surface area contributed by atoms with Crippen molar-refractivity contribution in [2.24, 2.45) is 0 Å². The van der Waals surface area contributed by atoms with Gasteiger partial charge in [-0.25, -0.2) is 4.79 Å². The highest BCUT2D eigenvalue weighted by Crippen LogP contribution is 2.37. The molecule has 0 atom stereocenters. The molecular formula is C26H24N2O6S. The van der Waals surface area contributed by atoms with Crippen molar-refractivity contribution in [3.8, 4) is 16.9 Å². The van der Waals surface area contributed by atoms with Crippen molar-refractivity contribution in [3.63, 3.8) is 0 Å². The number of nitrogens with one attached hydrogen (secondary N) is 1. The number of esters is 1. The van der Waals surface area contributed by atoms with E-state index in [-0.39, 0.29) is 42.9 Å². The minimum atomic E-state index is -0.527. The molecule has 0 unspecified atom stereocenters. The fourth-order valence-corrected chi connectivity index (χ4v) is 4.84. The van der Waals surface area contributed by atoms with Crippen molar-refractivity contribution in [2.75, 3.05) is 25.6 Å². The monoisotopic (exact) mass is 492 g/mol. The van der Waals surface area contributed by atoms with Crippen molar-refractivity contribution in [3.05, 3.63) is 70.6 Å². The van der Waals surface area contributed by atoms with Crippen LogP contribution in [-0.4, -0.2) is 48.9 Å². The highest BCUT2D eigenvalue weighted by Gasteiger charge is 2.34. The fraction of sp³-hybridized carbons (Fsp3) is 0.231. The van der Waals surface area contributed by atoms with Gasteiger partial charge in [-0.1, -0.05) is 24.3 Å². The Morgan fingerprint density at radius 3 is 2.23 bits per heavy atom. The molecule has 0 saturated carbocycles.